The van der Waals surface area contributed by atoms with Gasteiger partial charge in [-0.2, -0.15) is 0 Å². The first-order valence-corrected chi connectivity index (χ1v) is 11.3. The predicted molar refractivity (Wildman–Crippen MR) is 126 cm³/mol. The highest BCUT2D eigenvalue weighted by Crippen LogP contribution is 2.19. The third-order valence-corrected chi connectivity index (χ3v) is 6.17. The molecule has 2 heterocycles. The Kier molecular flexibility index (Phi) is 6.70. The molecule has 3 N–H and O–H groups in total. The number of rotatable bonds is 8. The van der Waals surface area contributed by atoms with Gasteiger partial charge in [0, 0.05) is 35.1 Å². The molecule has 5 nitrogen and oxygen atoms in total. The summed E-state index contributed by atoms with van der Waals surface area (Å²) in [5, 5.41) is 9.42. The summed E-state index contributed by atoms with van der Waals surface area (Å²) in [7, 11) is 0. The van der Waals surface area contributed by atoms with Crippen LogP contribution >= 0.6 is 22.9 Å². The Bertz CT molecular complexity index is 1190. The Balaban J connectivity index is 1.47. The molecule has 1 atom stereocenters. The standard InChI is InChI=1S/C24H22ClN3O2S/c25-18-6-3-5-16(13-18)10-11-26-23(29)21(28-24(30)22-9-4-12-31-22)14-17-15-27-20-8-2-1-7-19(17)20/h1-9,12-13,15,21,27H,10-11,14H2,(H,26,29)(H,28,30)/t21-/m0/s1. The van der Waals surface area contributed by atoms with Crippen molar-refractivity contribution in [3.8, 4) is 0 Å². The molecule has 0 radical (unpaired) electrons. The largest absolute Gasteiger partial charge is 0.361 e. The van der Waals surface area contributed by atoms with Gasteiger partial charge in [0.05, 0.1) is 4.88 Å². The van der Waals surface area contributed by atoms with Gasteiger partial charge in [0.1, 0.15) is 6.04 Å². The number of H-pyrrole nitrogens is 1. The van der Waals surface area contributed by atoms with Crippen molar-refractivity contribution < 1.29 is 9.59 Å². The number of nitrogens with one attached hydrogen (secondary N) is 3. The zero-order chi connectivity index (χ0) is 21.6. The molecule has 0 fully saturated rings. The predicted octanol–water partition coefficient (Wildman–Crippen LogP) is 4.58. The topological polar surface area (TPSA) is 74.0 Å². The third-order valence-electron chi connectivity index (χ3n) is 5.07. The van der Waals surface area contributed by atoms with Crippen LogP contribution in [0.3, 0.4) is 0 Å². The first kappa shape index (κ1) is 21.2. The summed E-state index contributed by atoms with van der Waals surface area (Å²) in [6, 6.07) is 18.4. The van der Waals surface area contributed by atoms with Crippen molar-refractivity contribution >= 4 is 45.7 Å². The number of benzene rings is 2. The van der Waals surface area contributed by atoms with E-state index in [1.54, 1.807) is 6.07 Å². The van der Waals surface area contributed by atoms with E-state index in [4.69, 9.17) is 11.6 Å². The van der Waals surface area contributed by atoms with Crippen LogP contribution < -0.4 is 10.6 Å². The van der Waals surface area contributed by atoms with Crippen LogP contribution in [0.5, 0.6) is 0 Å². The van der Waals surface area contributed by atoms with Crippen LogP contribution in [0.2, 0.25) is 5.02 Å². The van der Waals surface area contributed by atoms with E-state index in [1.807, 2.05) is 66.2 Å². The van der Waals surface area contributed by atoms with E-state index in [2.05, 4.69) is 15.6 Å². The van der Waals surface area contributed by atoms with E-state index in [-0.39, 0.29) is 11.8 Å². The lowest BCUT2D eigenvalue weighted by Crippen LogP contribution is -2.48. The molecule has 0 aliphatic heterocycles. The normalized spacial score (nSPS) is 11.9. The number of aromatic nitrogens is 1. The van der Waals surface area contributed by atoms with Crippen molar-refractivity contribution in [2.75, 3.05) is 6.54 Å². The summed E-state index contributed by atoms with van der Waals surface area (Å²) in [6.45, 7) is 0.457. The number of amides is 2. The van der Waals surface area contributed by atoms with Crippen molar-refractivity contribution in [1.82, 2.24) is 15.6 Å². The van der Waals surface area contributed by atoms with Gasteiger partial charge in [-0.05, 0) is 47.2 Å². The number of halogens is 1. The lowest BCUT2D eigenvalue weighted by molar-refractivity contribution is -0.122. The smallest absolute Gasteiger partial charge is 0.262 e. The maximum atomic E-state index is 13.0. The molecule has 0 bridgehead atoms. The zero-order valence-corrected chi connectivity index (χ0v) is 18.3. The van der Waals surface area contributed by atoms with Gasteiger partial charge in [-0.25, -0.2) is 0 Å². The molecule has 0 spiro atoms. The number of fused-ring (bicyclic) bond motifs is 1. The summed E-state index contributed by atoms with van der Waals surface area (Å²) in [6.07, 6.45) is 2.95. The van der Waals surface area contributed by atoms with Crippen molar-refractivity contribution in [1.29, 1.82) is 0 Å². The van der Waals surface area contributed by atoms with Crippen LogP contribution in [-0.2, 0) is 17.6 Å². The number of carbonyl (C=O) groups is 2. The maximum absolute atomic E-state index is 13.0. The molecule has 0 aliphatic rings. The zero-order valence-electron chi connectivity index (χ0n) is 16.7. The average Bonchev–Trinajstić information content (AvgIpc) is 3.44. The van der Waals surface area contributed by atoms with Gasteiger partial charge in [-0.1, -0.05) is 48.0 Å². The monoisotopic (exact) mass is 451 g/mol. The van der Waals surface area contributed by atoms with Gasteiger partial charge in [-0.15, -0.1) is 11.3 Å². The number of para-hydroxylation sites is 1. The van der Waals surface area contributed by atoms with Crippen LogP contribution in [-0.4, -0.2) is 29.4 Å². The minimum Gasteiger partial charge on any atom is -0.361 e. The van der Waals surface area contributed by atoms with Gasteiger partial charge < -0.3 is 15.6 Å². The van der Waals surface area contributed by atoms with Gasteiger partial charge in [-0.3, -0.25) is 9.59 Å². The summed E-state index contributed by atoms with van der Waals surface area (Å²) in [4.78, 5) is 29.5. The van der Waals surface area contributed by atoms with E-state index in [0.717, 1.165) is 22.0 Å². The molecule has 0 unspecified atom stereocenters. The number of thiophene rings is 1. The highest BCUT2D eigenvalue weighted by Gasteiger charge is 2.23. The van der Waals surface area contributed by atoms with Crippen LogP contribution in [0.15, 0.2) is 72.2 Å². The first-order chi connectivity index (χ1) is 15.1. The minimum atomic E-state index is -0.687. The Morgan fingerprint density at radius 1 is 1.06 bits per heavy atom. The second-order valence-electron chi connectivity index (χ2n) is 7.24. The lowest BCUT2D eigenvalue weighted by atomic mass is 10.0. The molecule has 2 aromatic carbocycles. The average molecular weight is 452 g/mol. The fourth-order valence-electron chi connectivity index (χ4n) is 3.51. The molecule has 7 heteroatoms. The highest BCUT2D eigenvalue weighted by molar-refractivity contribution is 7.12. The fraction of sp³-hybridized carbons (Fsp3) is 0.167. The van der Waals surface area contributed by atoms with Crippen molar-refractivity contribution in [3.05, 3.63) is 93.3 Å². The van der Waals surface area contributed by atoms with Crippen LogP contribution in [0, 0.1) is 0 Å². The maximum Gasteiger partial charge on any atom is 0.262 e. The van der Waals surface area contributed by atoms with Gasteiger partial charge in [0.15, 0.2) is 0 Å². The SMILES string of the molecule is O=C(N[C@@H](Cc1c[nH]c2ccccc12)C(=O)NCCc1cccc(Cl)c1)c1cccs1. The van der Waals surface area contributed by atoms with E-state index in [9.17, 15) is 9.59 Å². The molecular weight excluding hydrogens is 430 g/mol. The summed E-state index contributed by atoms with van der Waals surface area (Å²) >= 11 is 7.38. The number of hydrogen-bond donors (Lipinski definition) is 3. The molecule has 31 heavy (non-hydrogen) atoms. The van der Waals surface area contributed by atoms with Gasteiger partial charge in [0.25, 0.3) is 5.91 Å². The van der Waals surface area contributed by atoms with Crippen LogP contribution in [0.25, 0.3) is 10.9 Å². The van der Waals surface area contributed by atoms with Gasteiger partial charge in [0.2, 0.25) is 5.91 Å². The number of carbonyl (C=O) groups excluding carboxylic acids is 2. The molecular formula is C24H22ClN3O2S. The molecule has 0 saturated carbocycles. The molecule has 158 valence electrons. The van der Waals surface area contributed by atoms with Crippen LogP contribution in [0.1, 0.15) is 20.8 Å². The Morgan fingerprint density at radius 3 is 2.74 bits per heavy atom. The Morgan fingerprint density at radius 2 is 1.94 bits per heavy atom. The van der Waals surface area contributed by atoms with Crippen molar-refractivity contribution in [3.63, 3.8) is 0 Å². The molecule has 4 rings (SSSR count). The molecule has 2 amide bonds. The summed E-state index contributed by atoms with van der Waals surface area (Å²) in [5.74, 6) is -0.456. The quantitative estimate of drug-likeness (QED) is 0.366. The minimum absolute atomic E-state index is 0.211. The fourth-order valence-corrected chi connectivity index (χ4v) is 4.35. The van der Waals surface area contributed by atoms with E-state index < -0.39 is 6.04 Å². The Hall–Kier alpha value is -3.09. The first-order valence-electron chi connectivity index (χ1n) is 10.0. The molecule has 0 saturated heterocycles. The molecule has 0 aliphatic carbocycles. The summed E-state index contributed by atoms with van der Waals surface area (Å²) in [5.41, 5.74) is 3.03. The number of hydrogen-bond acceptors (Lipinski definition) is 3. The second-order valence-corrected chi connectivity index (χ2v) is 8.62. The molecule has 2 aromatic heterocycles. The van der Waals surface area contributed by atoms with E-state index in [0.29, 0.717) is 29.3 Å². The second kappa shape index (κ2) is 9.81. The third kappa shape index (κ3) is 5.34. The lowest BCUT2D eigenvalue weighted by Gasteiger charge is -2.18. The highest BCUT2D eigenvalue weighted by atomic mass is 35.5. The number of aromatic amines is 1. The van der Waals surface area contributed by atoms with Crippen molar-refractivity contribution in [2.45, 2.75) is 18.9 Å². The van der Waals surface area contributed by atoms with E-state index in [1.165, 1.54) is 11.3 Å². The molecule has 4 aromatic rings. The van der Waals surface area contributed by atoms with Crippen LogP contribution in [0.4, 0.5) is 0 Å². The Labute approximate surface area is 189 Å². The van der Waals surface area contributed by atoms with Crippen molar-refractivity contribution in [2.24, 2.45) is 0 Å². The summed E-state index contributed by atoms with van der Waals surface area (Å²) < 4.78 is 0. The van der Waals surface area contributed by atoms with E-state index >= 15 is 0 Å². The van der Waals surface area contributed by atoms with Gasteiger partial charge >= 0.3 is 0 Å².